The van der Waals surface area contributed by atoms with Crippen molar-refractivity contribution in [1.82, 2.24) is 15.1 Å². The van der Waals surface area contributed by atoms with Gasteiger partial charge in [0.15, 0.2) is 0 Å². The molecule has 2 aromatic carbocycles. The van der Waals surface area contributed by atoms with Crippen LogP contribution in [-0.4, -0.2) is 45.3 Å². The summed E-state index contributed by atoms with van der Waals surface area (Å²) in [5.41, 5.74) is 5.09. The Hall–Kier alpha value is -3.16. The number of carbonyl (C=O) groups is 1. The fraction of sp³-hybridized carbons (Fsp3) is 0.304. The van der Waals surface area contributed by atoms with Crippen molar-refractivity contribution in [3.63, 3.8) is 0 Å². The summed E-state index contributed by atoms with van der Waals surface area (Å²) in [6, 6.07) is 16.2. The Balaban J connectivity index is 1.33. The number of nitrogens with zero attached hydrogens (tertiary/aromatic N) is 2. The quantitative estimate of drug-likeness (QED) is 0.560. The van der Waals surface area contributed by atoms with Gasteiger partial charge >= 0.3 is 6.09 Å². The van der Waals surface area contributed by atoms with Crippen LogP contribution in [0.2, 0.25) is 0 Å². The van der Waals surface area contributed by atoms with Gasteiger partial charge < -0.3 is 20.3 Å². The summed E-state index contributed by atoms with van der Waals surface area (Å²) in [5.74, 6) is -0.0291. The van der Waals surface area contributed by atoms with Gasteiger partial charge in [-0.1, -0.05) is 48.5 Å². The van der Waals surface area contributed by atoms with Gasteiger partial charge in [-0.15, -0.1) is 0 Å². The van der Waals surface area contributed by atoms with Gasteiger partial charge in [0.2, 0.25) is 0 Å². The number of benzene rings is 2. The van der Waals surface area contributed by atoms with Crippen molar-refractivity contribution in [1.29, 1.82) is 0 Å². The van der Waals surface area contributed by atoms with Crippen LogP contribution in [0, 0.1) is 0 Å². The van der Waals surface area contributed by atoms with Crippen LogP contribution in [0.15, 0.2) is 60.9 Å². The monoisotopic (exact) mass is 407 g/mol. The zero-order valence-electron chi connectivity index (χ0n) is 16.7. The average Bonchev–Trinajstić information content (AvgIpc) is 3.38. The van der Waals surface area contributed by atoms with E-state index >= 15 is 0 Å². The Morgan fingerprint density at radius 3 is 2.37 bits per heavy atom. The summed E-state index contributed by atoms with van der Waals surface area (Å²) in [5, 5.41) is 27.0. The van der Waals surface area contributed by atoms with Gasteiger partial charge in [0.05, 0.1) is 6.20 Å². The van der Waals surface area contributed by atoms with Gasteiger partial charge in [0.25, 0.3) is 0 Å². The number of aryl methyl sites for hydroxylation is 1. The van der Waals surface area contributed by atoms with E-state index in [0.29, 0.717) is 12.1 Å². The number of alkyl carbamates (subject to hydrolysis) is 1. The zero-order chi connectivity index (χ0) is 21.1. The average molecular weight is 407 g/mol. The smallest absolute Gasteiger partial charge is 0.407 e. The Morgan fingerprint density at radius 2 is 1.77 bits per heavy atom. The summed E-state index contributed by atoms with van der Waals surface area (Å²) in [6.45, 7) is 2.66. The lowest BCUT2D eigenvalue weighted by atomic mass is 9.98. The third-order valence-corrected chi connectivity index (χ3v) is 5.48. The van der Waals surface area contributed by atoms with Crippen LogP contribution in [0.25, 0.3) is 11.1 Å². The largest absolute Gasteiger partial charge is 0.449 e. The third kappa shape index (κ3) is 3.94. The number of carbonyl (C=O) groups excluding carboxylic acids is 1. The second kappa shape index (κ2) is 8.69. The maximum atomic E-state index is 12.2. The number of aromatic nitrogens is 2. The van der Waals surface area contributed by atoms with Crippen LogP contribution < -0.4 is 5.32 Å². The normalized spacial score (nSPS) is 14.6. The Bertz CT molecular complexity index is 987. The number of fused-ring (bicyclic) bond motifs is 3. The molecule has 1 amide bonds. The third-order valence-electron chi connectivity index (χ3n) is 5.48. The summed E-state index contributed by atoms with van der Waals surface area (Å²) < 4.78 is 7.09. The first-order valence-electron chi connectivity index (χ1n) is 10.1. The molecule has 7 heteroatoms. The van der Waals surface area contributed by atoms with E-state index in [0.717, 1.165) is 22.3 Å². The van der Waals surface area contributed by atoms with E-state index in [4.69, 9.17) is 4.74 Å². The van der Waals surface area contributed by atoms with Crippen LogP contribution in [-0.2, 0) is 11.3 Å². The molecule has 0 radical (unpaired) electrons. The molecule has 0 aliphatic heterocycles. The first kappa shape index (κ1) is 20.1. The standard InChI is InChI=1S/C23H25N3O4/c1-2-26-13-15(11-25-26)22(28)21(27)12-24-23(29)30-14-20-18-9-5-3-7-16(18)17-8-4-6-10-19(17)20/h3-11,13,20-22,27-28H,2,12,14H2,1H3,(H,24,29). The maximum absolute atomic E-state index is 12.2. The molecule has 2 atom stereocenters. The summed E-state index contributed by atoms with van der Waals surface area (Å²) in [6.07, 6.45) is 0.234. The molecule has 2 unspecified atom stereocenters. The van der Waals surface area contributed by atoms with Crippen molar-refractivity contribution in [2.45, 2.75) is 31.6 Å². The minimum Gasteiger partial charge on any atom is -0.449 e. The lowest BCUT2D eigenvalue weighted by molar-refractivity contribution is 0.0185. The molecule has 1 aliphatic carbocycles. The van der Waals surface area contributed by atoms with E-state index in [1.165, 1.54) is 6.20 Å². The van der Waals surface area contributed by atoms with Gasteiger partial charge in [-0.3, -0.25) is 4.68 Å². The first-order valence-corrected chi connectivity index (χ1v) is 10.1. The van der Waals surface area contributed by atoms with E-state index in [1.807, 2.05) is 31.2 Å². The Morgan fingerprint density at radius 1 is 1.13 bits per heavy atom. The molecular weight excluding hydrogens is 382 g/mol. The van der Waals surface area contributed by atoms with Crippen LogP contribution >= 0.6 is 0 Å². The minimum atomic E-state index is -1.17. The van der Waals surface area contributed by atoms with Gasteiger partial charge in [-0.05, 0) is 29.2 Å². The topological polar surface area (TPSA) is 96.6 Å². The van der Waals surface area contributed by atoms with Crippen molar-refractivity contribution in [2.75, 3.05) is 13.2 Å². The van der Waals surface area contributed by atoms with E-state index < -0.39 is 18.3 Å². The SMILES string of the molecule is CCn1cc(C(O)C(O)CNC(=O)OCC2c3ccccc3-c3ccccc32)cn1. The molecule has 1 aromatic heterocycles. The molecule has 1 heterocycles. The molecule has 30 heavy (non-hydrogen) atoms. The second-order valence-electron chi connectivity index (χ2n) is 7.35. The number of nitrogens with one attached hydrogen (secondary N) is 1. The molecule has 0 spiro atoms. The molecule has 7 nitrogen and oxygen atoms in total. The van der Waals surface area contributed by atoms with E-state index in [2.05, 4.69) is 34.7 Å². The summed E-state index contributed by atoms with van der Waals surface area (Å²) >= 11 is 0. The van der Waals surface area contributed by atoms with Gasteiger partial charge in [-0.25, -0.2) is 4.79 Å². The van der Waals surface area contributed by atoms with Crippen LogP contribution in [0.5, 0.6) is 0 Å². The predicted molar refractivity (Wildman–Crippen MR) is 112 cm³/mol. The number of hydrogen-bond acceptors (Lipinski definition) is 5. The number of aliphatic hydroxyl groups is 2. The number of amides is 1. The molecule has 4 rings (SSSR count). The van der Waals surface area contributed by atoms with Crippen molar-refractivity contribution in [3.05, 3.63) is 77.6 Å². The van der Waals surface area contributed by atoms with Crippen LogP contribution in [0.3, 0.4) is 0 Å². The van der Waals surface area contributed by atoms with Gasteiger partial charge in [-0.2, -0.15) is 5.10 Å². The highest BCUT2D eigenvalue weighted by atomic mass is 16.5. The van der Waals surface area contributed by atoms with Crippen molar-refractivity contribution in [3.8, 4) is 11.1 Å². The number of hydrogen-bond donors (Lipinski definition) is 3. The predicted octanol–water partition coefficient (Wildman–Crippen LogP) is 2.84. The second-order valence-corrected chi connectivity index (χ2v) is 7.35. The number of aliphatic hydroxyl groups excluding tert-OH is 2. The van der Waals surface area contributed by atoms with Crippen molar-refractivity contribution in [2.24, 2.45) is 0 Å². The zero-order valence-corrected chi connectivity index (χ0v) is 16.7. The minimum absolute atomic E-state index is 0.0291. The molecule has 0 fully saturated rings. The van der Waals surface area contributed by atoms with Gasteiger partial charge in [0.1, 0.15) is 18.8 Å². The summed E-state index contributed by atoms with van der Waals surface area (Å²) in [7, 11) is 0. The van der Waals surface area contributed by atoms with E-state index in [9.17, 15) is 15.0 Å². The molecule has 3 aromatic rings. The fourth-order valence-electron chi connectivity index (χ4n) is 3.88. The molecule has 1 aliphatic rings. The highest BCUT2D eigenvalue weighted by Crippen LogP contribution is 2.44. The molecule has 3 N–H and O–H groups in total. The maximum Gasteiger partial charge on any atom is 0.407 e. The first-order chi connectivity index (χ1) is 14.6. The van der Waals surface area contributed by atoms with Crippen LogP contribution in [0.4, 0.5) is 4.79 Å². The fourth-order valence-corrected chi connectivity index (χ4v) is 3.88. The summed E-state index contributed by atoms with van der Waals surface area (Å²) in [4.78, 5) is 12.2. The van der Waals surface area contributed by atoms with E-state index in [1.54, 1.807) is 10.9 Å². The van der Waals surface area contributed by atoms with Crippen molar-refractivity contribution >= 4 is 6.09 Å². The molecule has 0 saturated carbocycles. The lowest BCUT2D eigenvalue weighted by Gasteiger charge is -2.18. The van der Waals surface area contributed by atoms with Gasteiger partial charge in [0, 0.05) is 30.8 Å². The lowest BCUT2D eigenvalue weighted by Crippen LogP contribution is -2.36. The van der Waals surface area contributed by atoms with Crippen molar-refractivity contribution < 1.29 is 19.7 Å². The number of rotatable bonds is 7. The molecule has 0 bridgehead atoms. The molecule has 0 saturated heterocycles. The number of ether oxygens (including phenoxy) is 1. The Kier molecular flexibility index (Phi) is 5.83. The van der Waals surface area contributed by atoms with Crippen LogP contribution in [0.1, 0.15) is 35.6 Å². The highest BCUT2D eigenvalue weighted by molar-refractivity contribution is 5.79. The molecule has 156 valence electrons. The Labute approximate surface area is 174 Å². The molecular formula is C23H25N3O4. The highest BCUT2D eigenvalue weighted by Gasteiger charge is 2.29. The van der Waals surface area contributed by atoms with E-state index in [-0.39, 0.29) is 19.1 Å².